The van der Waals surface area contributed by atoms with Crippen molar-refractivity contribution in [3.05, 3.63) is 41.7 Å². The molecule has 0 fully saturated rings. The van der Waals surface area contributed by atoms with Gasteiger partial charge in [0.15, 0.2) is 0 Å². The minimum atomic E-state index is -0.0923. The highest BCUT2D eigenvalue weighted by molar-refractivity contribution is 6.31. The van der Waals surface area contributed by atoms with Crippen LogP contribution in [-0.4, -0.2) is 11.5 Å². The van der Waals surface area contributed by atoms with Gasteiger partial charge in [0.25, 0.3) is 0 Å². The Kier molecular flexibility index (Phi) is 3.67. The van der Waals surface area contributed by atoms with E-state index in [0.717, 1.165) is 12.0 Å². The van der Waals surface area contributed by atoms with Gasteiger partial charge in [0.2, 0.25) is 0 Å². The van der Waals surface area contributed by atoms with Crippen molar-refractivity contribution in [3.8, 4) is 0 Å². The maximum absolute atomic E-state index is 6.01. The van der Waals surface area contributed by atoms with Crippen molar-refractivity contribution in [2.45, 2.75) is 13.3 Å². The fourth-order valence-electron chi connectivity index (χ4n) is 1.21. The third-order valence-corrected chi connectivity index (χ3v) is 2.75. The average Bonchev–Trinajstić information content (AvgIpc) is 2.21. The Morgan fingerprint density at radius 3 is 2.93 bits per heavy atom. The van der Waals surface area contributed by atoms with Crippen molar-refractivity contribution in [2.24, 2.45) is 11.1 Å². The van der Waals surface area contributed by atoms with E-state index in [4.69, 9.17) is 17.3 Å². The lowest BCUT2D eigenvalue weighted by Crippen LogP contribution is -2.27. The van der Waals surface area contributed by atoms with Crippen LogP contribution >= 0.6 is 11.6 Å². The highest BCUT2D eigenvalue weighted by Gasteiger charge is 2.19. The Morgan fingerprint density at radius 1 is 1.71 bits per heavy atom. The van der Waals surface area contributed by atoms with Crippen molar-refractivity contribution < 1.29 is 0 Å². The first-order valence-electron chi connectivity index (χ1n) is 4.53. The molecule has 1 aromatic heterocycles. The molecule has 1 atom stereocenters. The van der Waals surface area contributed by atoms with Crippen LogP contribution in [0.15, 0.2) is 31.1 Å². The molecule has 0 saturated heterocycles. The lowest BCUT2D eigenvalue weighted by Gasteiger charge is -2.23. The number of pyridine rings is 1. The topological polar surface area (TPSA) is 38.9 Å². The van der Waals surface area contributed by atoms with Crippen LogP contribution in [-0.2, 0) is 6.42 Å². The first kappa shape index (κ1) is 11.2. The number of nitrogens with zero attached hydrogens (tertiary/aromatic N) is 1. The summed E-state index contributed by atoms with van der Waals surface area (Å²) >= 11 is 6.01. The molecular weight excluding hydrogens is 196 g/mol. The van der Waals surface area contributed by atoms with Crippen LogP contribution in [0.3, 0.4) is 0 Å². The summed E-state index contributed by atoms with van der Waals surface area (Å²) < 4.78 is 0. The normalized spacial score (nSPS) is 14.8. The van der Waals surface area contributed by atoms with Gasteiger partial charge in [-0.05, 0) is 18.1 Å². The number of rotatable bonds is 4. The molecule has 0 aliphatic rings. The molecule has 3 heteroatoms. The van der Waals surface area contributed by atoms with Gasteiger partial charge < -0.3 is 5.73 Å². The van der Waals surface area contributed by atoms with Crippen molar-refractivity contribution in [1.82, 2.24) is 4.98 Å². The van der Waals surface area contributed by atoms with Gasteiger partial charge in [-0.2, -0.15) is 0 Å². The number of hydrogen-bond donors (Lipinski definition) is 1. The van der Waals surface area contributed by atoms with E-state index in [1.54, 1.807) is 12.4 Å². The first-order valence-corrected chi connectivity index (χ1v) is 4.91. The fraction of sp³-hybridized carbons (Fsp3) is 0.364. The minimum Gasteiger partial charge on any atom is -0.330 e. The highest BCUT2D eigenvalue weighted by atomic mass is 35.5. The second-order valence-corrected chi connectivity index (χ2v) is 4.11. The molecule has 14 heavy (non-hydrogen) atoms. The van der Waals surface area contributed by atoms with Crippen LogP contribution in [0.2, 0.25) is 5.02 Å². The van der Waals surface area contributed by atoms with Crippen LogP contribution in [0.1, 0.15) is 12.5 Å². The molecule has 2 N–H and O–H groups in total. The van der Waals surface area contributed by atoms with Gasteiger partial charge in [0, 0.05) is 24.4 Å². The lowest BCUT2D eigenvalue weighted by atomic mass is 9.84. The van der Waals surface area contributed by atoms with Crippen LogP contribution in [0.4, 0.5) is 0 Å². The van der Waals surface area contributed by atoms with Crippen LogP contribution in [0.5, 0.6) is 0 Å². The molecule has 0 aliphatic heterocycles. The zero-order valence-electron chi connectivity index (χ0n) is 8.33. The van der Waals surface area contributed by atoms with Gasteiger partial charge in [-0.25, -0.2) is 0 Å². The van der Waals surface area contributed by atoms with Crippen LogP contribution < -0.4 is 5.73 Å². The molecule has 1 rings (SSSR count). The summed E-state index contributed by atoms with van der Waals surface area (Å²) in [6, 6.07) is 1.92. The molecule has 1 aromatic rings. The molecule has 0 bridgehead atoms. The summed E-state index contributed by atoms with van der Waals surface area (Å²) in [5.41, 5.74) is 6.66. The second kappa shape index (κ2) is 4.58. The standard InChI is InChI=1S/C11H15ClN2/c1-3-11(2,8-13)6-9-4-5-14-7-10(9)12/h3-5,7H,1,6,8,13H2,2H3. The SMILES string of the molecule is C=CC(C)(CN)Cc1ccncc1Cl. The average molecular weight is 211 g/mol. The molecule has 1 heterocycles. The van der Waals surface area contributed by atoms with E-state index in [1.165, 1.54) is 0 Å². The number of halogens is 1. The van der Waals surface area contributed by atoms with Crippen molar-refractivity contribution in [2.75, 3.05) is 6.54 Å². The van der Waals surface area contributed by atoms with E-state index >= 15 is 0 Å². The smallest absolute Gasteiger partial charge is 0.0621 e. The van der Waals surface area contributed by atoms with Gasteiger partial charge in [-0.15, -0.1) is 6.58 Å². The summed E-state index contributed by atoms with van der Waals surface area (Å²) in [6.07, 6.45) is 6.07. The number of nitrogens with two attached hydrogens (primary N) is 1. The van der Waals surface area contributed by atoms with Crippen LogP contribution in [0.25, 0.3) is 0 Å². The van der Waals surface area contributed by atoms with E-state index < -0.39 is 0 Å². The van der Waals surface area contributed by atoms with Crippen LogP contribution in [0, 0.1) is 5.41 Å². The summed E-state index contributed by atoms with van der Waals surface area (Å²) in [7, 11) is 0. The summed E-state index contributed by atoms with van der Waals surface area (Å²) in [4.78, 5) is 3.94. The Labute approximate surface area is 89.8 Å². The van der Waals surface area contributed by atoms with E-state index in [0.29, 0.717) is 11.6 Å². The quantitative estimate of drug-likeness (QED) is 0.776. The monoisotopic (exact) mass is 210 g/mol. The largest absolute Gasteiger partial charge is 0.330 e. The predicted molar refractivity (Wildman–Crippen MR) is 60.3 cm³/mol. The predicted octanol–water partition coefficient (Wildman–Crippen LogP) is 2.43. The molecule has 0 amide bonds. The molecule has 0 radical (unpaired) electrons. The Bertz CT molecular complexity index is 325. The zero-order valence-corrected chi connectivity index (χ0v) is 9.09. The van der Waals surface area contributed by atoms with Gasteiger partial charge in [-0.3, -0.25) is 4.98 Å². The Hall–Kier alpha value is -0.860. The van der Waals surface area contributed by atoms with E-state index in [2.05, 4.69) is 18.5 Å². The van der Waals surface area contributed by atoms with Gasteiger partial charge in [0.05, 0.1) is 5.02 Å². The number of hydrogen-bond acceptors (Lipinski definition) is 2. The van der Waals surface area contributed by atoms with E-state index in [-0.39, 0.29) is 5.41 Å². The van der Waals surface area contributed by atoms with Crippen molar-refractivity contribution in [3.63, 3.8) is 0 Å². The molecule has 76 valence electrons. The Morgan fingerprint density at radius 2 is 2.43 bits per heavy atom. The van der Waals surface area contributed by atoms with E-state index in [9.17, 15) is 0 Å². The summed E-state index contributed by atoms with van der Waals surface area (Å²) in [6.45, 7) is 6.42. The molecule has 0 aromatic carbocycles. The maximum Gasteiger partial charge on any atom is 0.0621 e. The molecule has 0 saturated carbocycles. The molecule has 2 nitrogen and oxygen atoms in total. The third-order valence-electron chi connectivity index (χ3n) is 2.41. The molecule has 1 unspecified atom stereocenters. The molecule has 0 aliphatic carbocycles. The van der Waals surface area contributed by atoms with Crippen molar-refractivity contribution in [1.29, 1.82) is 0 Å². The van der Waals surface area contributed by atoms with E-state index in [1.807, 2.05) is 12.1 Å². The molecular formula is C11H15ClN2. The Balaban J connectivity index is 2.87. The van der Waals surface area contributed by atoms with Gasteiger partial charge >= 0.3 is 0 Å². The van der Waals surface area contributed by atoms with Gasteiger partial charge in [0.1, 0.15) is 0 Å². The second-order valence-electron chi connectivity index (χ2n) is 3.71. The molecule has 0 spiro atoms. The maximum atomic E-state index is 6.01. The van der Waals surface area contributed by atoms with Gasteiger partial charge in [-0.1, -0.05) is 24.6 Å². The summed E-state index contributed by atoms with van der Waals surface area (Å²) in [5, 5.41) is 0.689. The summed E-state index contributed by atoms with van der Waals surface area (Å²) in [5.74, 6) is 0. The third kappa shape index (κ3) is 2.56. The lowest BCUT2D eigenvalue weighted by molar-refractivity contribution is 0.439. The minimum absolute atomic E-state index is 0.0923. The first-order chi connectivity index (χ1) is 6.61. The zero-order chi connectivity index (χ0) is 10.6. The highest BCUT2D eigenvalue weighted by Crippen LogP contribution is 2.26. The van der Waals surface area contributed by atoms with Crippen molar-refractivity contribution >= 4 is 11.6 Å². The number of aromatic nitrogens is 1. The fourth-order valence-corrected chi connectivity index (χ4v) is 1.40.